The molecule has 0 radical (unpaired) electrons. The lowest BCUT2D eigenvalue weighted by Crippen LogP contribution is -2.02. The number of carbonyl (C=O) groups excluding carboxylic acids is 1. The molecule has 0 N–H and O–H groups in total. The summed E-state index contributed by atoms with van der Waals surface area (Å²) in [6.07, 6.45) is 0.352. The van der Waals surface area contributed by atoms with Crippen LogP contribution in [0.4, 0.5) is 13.2 Å². The van der Waals surface area contributed by atoms with Gasteiger partial charge in [-0.1, -0.05) is 13.0 Å². The van der Waals surface area contributed by atoms with Crippen LogP contribution in [0, 0.1) is 6.92 Å². The fraction of sp³-hybridized carbons (Fsp3) is 0.364. The van der Waals surface area contributed by atoms with Crippen LogP contribution in [-0.2, 0) is 0 Å². The van der Waals surface area contributed by atoms with Crippen molar-refractivity contribution in [3.05, 3.63) is 29.3 Å². The highest BCUT2D eigenvalue weighted by molar-refractivity contribution is 8.00. The molecule has 0 aliphatic rings. The number of benzene rings is 1. The second kappa shape index (κ2) is 4.91. The molecule has 1 rings (SSSR count). The van der Waals surface area contributed by atoms with Gasteiger partial charge in [-0.3, -0.25) is 4.79 Å². The SMILES string of the molecule is CCC(=O)c1ccc(SC(F)(F)F)c(C)c1. The molecule has 88 valence electrons. The molecule has 0 saturated carbocycles. The van der Waals surface area contributed by atoms with Crippen molar-refractivity contribution in [1.82, 2.24) is 0 Å². The zero-order chi connectivity index (χ0) is 12.3. The summed E-state index contributed by atoms with van der Waals surface area (Å²) in [6.45, 7) is 3.29. The number of ketones is 1. The predicted molar refractivity (Wildman–Crippen MR) is 57.7 cm³/mol. The van der Waals surface area contributed by atoms with Crippen LogP contribution >= 0.6 is 11.8 Å². The smallest absolute Gasteiger partial charge is 0.294 e. The molecule has 0 spiro atoms. The van der Waals surface area contributed by atoms with E-state index in [2.05, 4.69) is 0 Å². The van der Waals surface area contributed by atoms with Crippen LogP contribution in [0.3, 0.4) is 0 Å². The third kappa shape index (κ3) is 3.56. The van der Waals surface area contributed by atoms with Gasteiger partial charge in [0.05, 0.1) is 0 Å². The largest absolute Gasteiger partial charge is 0.446 e. The average molecular weight is 248 g/mol. The molecule has 0 unspecified atom stereocenters. The van der Waals surface area contributed by atoms with Crippen LogP contribution < -0.4 is 0 Å². The summed E-state index contributed by atoms with van der Waals surface area (Å²) >= 11 is -0.156. The Morgan fingerprint density at radius 1 is 1.38 bits per heavy atom. The molecular weight excluding hydrogens is 237 g/mol. The van der Waals surface area contributed by atoms with Gasteiger partial charge in [0.15, 0.2) is 5.78 Å². The highest BCUT2D eigenvalue weighted by Crippen LogP contribution is 2.38. The van der Waals surface area contributed by atoms with Gasteiger partial charge < -0.3 is 0 Å². The standard InChI is InChI=1S/C11H11F3OS/c1-3-9(15)8-4-5-10(7(2)6-8)16-11(12,13)14/h4-6H,3H2,1-2H3. The number of carbonyl (C=O) groups is 1. The van der Waals surface area contributed by atoms with E-state index in [0.717, 1.165) is 0 Å². The lowest BCUT2D eigenvalue weighted by Gasteiger charge is -2.09. The molecular formula is C11H11F3OS. The Bertz CT molecular complexity index is 399. The Kier molecular flexibility index (Phi) is 4.02. The molecule has 0 fully saturated rings. The third-order valence-corrected chi connectivity index (χ3v) is 2.95. The van der Waals surface area contributed by atoms with Crippen molar-refractivity contribution in [2.45, 2.75) is 30.7 Å². The van der Waals surface area contributed by atoms with Gasteiger partial charge in [-0.25, -0.2) is 0 Å². The summed E-state index contributed by atoms with van der Waals surface area (Å²) < 4.78 is 36.4. The van der Waals surface area contributed by atoms with Gasteiger partial charge in [0, 0.05) is 16.9 Å². The summed E-state index contributed by atoms with van der Waals surface area (Å²) in [5.74, 6) is -0.0633. The molecule has 0 heterocycles. The number of halogens is 3. The number of Topliss-reactive ketones (excluding diaryl/α,β-unsaturated/α-hetero) is 1. The average Bonchev–Trinajstić information content (AvgIpc) is 2.18. The van der Waals surface area contributed by atoms with Crippen molar-refractivity contribution in [1.29, 1.82) is 0 Å². The van der Waals surface area contributed by atoms with Crippen molar-refractivity contribution in [2.24, 2.45) is 0 Å². The number of aryl methyl sites for hydroxylation is 1. The van der Waals surface area contributed by atoms with Crippen LogP contribution in [0.1, 0.15) is 29.3 Å². The predicted octanol–water partition coefficient (Wildman–Crippen LogP) is 4.20. The number of rotatable bonds is 3. The number of hydrogen-bond donors (Lipinski definition) is 0. The number of hydrogen-bond acceptors (Lipinski definition) is 2. The minimum absolute atomic E-state index is 0.0633. The quantitative estimate of drug-likeness (QED) is 0.589. The number of alkyl halides is 3. The van der Waals surface area contributed by atoms with Gasteiger partial charge in [0.2, 0.25) is 0 Å². The topological polar surface area (TPSA) is 17.1 Å². The maximum atomic E-state index is 12.1. The maximum absolute atomic E-state index is 12.1. The fourth-order valence-corrected chi connectivity index (χ4v) is 1.87. The Morgan fingerprint density at radius 2 is 2.00 bits per heavy atom. The minimum atomic E-state index is -4.29. The summed E-state index contributed by atoms with van der Waals surface area (Å²) in [4.78, 5) is 11.5. The first kappa shape index (κ1) is 13.1. The molecule has 1 nitrogen and oxygen atoms in total. The van der Waals surface area contributed by atoms with Crippen molar-refractivity contribution >= 4 is 17.5 Å². The monoisotopic (exact) mass is 248 g/mol. The van der Waals surface area contributed by atoms with E-state index in [1.807, 2.05) is 0 Å². The van der Waals surface area contributed by atoms with E-state index in [4.69, 9.17) is 0 Å². The Balaban J connectivity index is 2.96. The Morgan fingerprint density at radius 3 is 2.44 bits per heavy atom. The van der Waals surface area contributed by atoms with E-state index in [0.29, 0.717) is 17.5 Å². The van der Waals surface area contributed by atoms with E-state index in [1.165, 1.54) is 18.2 Å². The van der Waals surface area contributed by atoms with Crippen molar-refractivity contribution in [2.75, 3.05) is 0 Å². The molecule has 0 aliphatic heterocycles. The normalized spacial score (nSPS) is 11.6. The van der Waals surface area contributed by atoms with E-state index in [9.17, 15) is 18.0 Å². The van der Waals surface area contributed by atoms with Crippen LogP contribution in [0.15, 0.2) is 23.1 Å². The first-order valence-corrected chi connectivity index (χ1v) is 5.54. The van der Waals surface area contributed by atoms with Crippen LogP contribution in [0.25, 0.3) is 0 Å². The third-order valence-electron chi connectivity index (χ3n) is 2.04. The fourth-order valence-electron chi connectivity index (χ4n) is 1.27. The minimum Gasteiger partial charge on any atom is -0.294 e. The molecule has 0 aromatic heterocycles. The molecule has 0 atom stereocenters. The first-order chi connectivity index (χ1) is 7.33. The van der Waals surface area contributed by atoms with Gasteiger partial charge in [0.1, 0.15) is 0 Å². The van der Waals surface area contributed by atoms with E-state index in [-0.39, 0.29) is 22.4 Å². The van der Waals surface area contributed by atoms with E-state index < -0.39 is 5.51 Å². The highest BCUT2D eigenvalue weighted by atomic mass is 32.2. The Hall–Kier alpha value is -0.970. The van der Waals surface area contributed by atoms with Gasteiger partial charge >= 0.3 is 5.51 Å². The lowest BCUT2D eigenvalue weighted by atomic mass is 10.1. The van der Waals surface area contributed by atoms with Crippen molar-refractivity contribution < 1.29 is 18.0 Å². The molecule has 0 bridgehead atoms. The van der Waals surface area contributed by atoms with E-state index in [1.54, 1.807) is 13.8 Å². The summed E-state index contributed by atoms with van der Waals surface area (Å²) in [5, 5.41) is 0. The van der Waals surface area contributed by atoms with Gasteiger partial charge in [-0.2, -0.15) is 13.2 Å². The van der Waals surface area contributed by atoms with Gasteiger partial charge in [-0.15, -0.1) is 0 Å². The summed E-state index contributed by atoms with van der Waals surface area (Å²) in [7, 11) is 0. The summed E-state index contributed by atoms with van der Waals surface area (Å²) in [6, 6.07) is 4.28. The second-order valence-corrected chi connectivity index (χ2v) is 4.41. The van der Waals surface area contributed by atoms with Gasteiger partial charge in [-0.05, 0) is 36.4 Å². The Labute approximate surface area is 96.0 Å². The zero-order valence-corrected chi connectivity index (χ0v) is 9.71. The van der Waals surface area contributed by atoms with Crippen LogP contribution in [0.2, 0.25) is 0 Å². The van der Waals surface area contributed by atoms with Crippen LogP contribution in [-0.4, -0.2) is 11.3 Å². The van der Waals surface area contributed by atoms with Crippen molar-refractivity contribution in [3.63, 3.8) is 0 Å². The second-order valence-electron chi connectivity index (χ2n) is 3.30. The van der Waals surface area contributed by atoms with Crippen LogP contribution in [0.5, 0.6) is 0 Å². The van der Waals surface area contributed by atoms with Crippen molar-refractivity contribution in [3.8, 4) is 0 Å². The first-order valence-electron chi connectivity index (χ1n) is 4.73. The molecule has 0 saturated heterocycles. The molecule has 1 aromatic carbocycles. The molecule has 16 heavy (non-hydrogen) atoms. The van der Waals surface area contributed by atoms with Gasteiger partial charge in [0.25, 0.3) is 0 Å². The highest BCUT2D eigenvalue weighted by Gasteiger charge is 2.29. The maximum Gasteiger partial charge on any atom is 0.446 e. The summed E-state index contributed by atoms with van der Waals surface area (Å²) in [5.41, 5.74) is -3.35. The molecule has 0 amide bonds. The number of thioether (sulfide) groups is 1. The lowest BCUT2D eigenvalue weighted by molar-refractivity contribution is -0.0328. The molecule has 1 aromatic rings. The molecule has 5 heteroatoms. The molecule has 0 aliphatic carbocycles. The zero-order valence-electron chi connectivity index (χ0n) is 8.89. The van der Waals surface area contributed by atoms with E-state index >= 15 is 0 Å².